The van der Waals surface area contributed by atoms with Gasteiger partial charge in [0.15, 0.2) is 0 Å². The lowest BCUT2D eigenvalue weighted by atomic mass is 9.96. The van der Waals surface area contributed by atoms with Gasteiger partial charge >= 0.3 is 0 Å². The van der Waals surface area contributed by atoms with Gasteiger partial charge in [0.05, 0.1) is 5.56 Å². The standard InChI is InChI=1S/C21H30N2O3/c1-2-7-16-8-5-13-22(15-12-16)21(26)18-10-6-14-23(18)20(25)17-9-3-4-11-19(17)24/h3-4,9,11,16,18,24H,2,5-8,10,12-15H2,1H3. The van der Waals surface area contributed by atoms with E-state index >= 15 is 0 Å². The van der Waals surface area contributed by atoms with Crippen molar-refractivity contribution in [2.45, 2.75) is 57.9 Å². The van der Waals surface area contributed by atoms with E-state index in [1.807, 2.05) is 4.90 Å². The summed E-state index contributed by atoms with van der Waals surface area (Å²) in [6.45, 7) is 4.40. The van der Waals surface area contributed by atoms with E-state index < -0.39 is 0 Å². The second-order valence-corrected chi connectivity index (χ2v) is 7.58. The minimum absolute atomic E-state index is 0.0206. The molecule has 2 atom stereocenters. The summed E-state index contributed by atoms with van der Waals surface area (Å²) in [5.74, 6) is 0.550. The van der Waals surface area contributed by atoms with Crippen LogP contribution in [-0.4, -0.2) is 52.4 Å². The molecule has 2 amide bonds. The molecule has 0 radical (unpaired) electrons. The molecule has 0 aromatic heterocycles. The molecule has 0 bridgehead atoms. The third-order valence-corrected chi connectivity index (χ3v) is 5.79. The van der Waals surface area contributed by atoms with E-state index in [0.717, 1.165) is 38.3 Å². The van der Waals surface area contributed by atoms with Crippen molar-refractivity contribution in [3.8, 4) is 5.75 Å². The Labute approximate surface area is 156 Å². The zero-order chi connectivity index (χ0) is 18.5. The van der Waals surface area contributed by atoms with Crippen LogP contribution in [0.1, 0.15) is 62.2 Å². The van der Waals surface area contributed by atoms with Gasteiger partial charge in [0.1, 0.15) is 11.8 Å². The fourth-order valence-corrected chi connectivity index (χ4v) is 4.37. The monoisotopic (exact) mass is 358 g/mol. The molecule has 2 saturated heterocycles. The lowest BCUT2D eigenvalue weighted by molar-refractivity contribution is -0.135. The Bertz CT molecular complexity index is 646. The molecule has 5 nitrogen and oxygen atoms in total. The molecule has 142 valence electrons. The number of hydrogen-bond acceptors (Lipinski definition) is 3. The van der Waals surface area contributed by atoms with Crippen LogP contribution >= 0.6 is 0 Å². The van der Waals surface area contributed by atoms with Gasteiger partial charge < -0.3 is 14.9 Å². The highest BCUT2D eigenvalue weighted by molar-refractivity contribution is 5.99. The first-order valence-corrected chi connectivity index (χ1v) is 9.99. The minimum Gasteiger partial charge on any atom is -0.507 e. The first kappa shape index (κ1) is 18.7. The SMILES string of the molecule is CCCC1CCCN(C(=O)C2CCCN2C(=O)c2ccccc2O)CC1. The molecule has 1 aromatic rings. The van der Waals surface area contributed by atoms with Crippen molar-refractivity contribution in [3.63, 3.8) is 0 Å². The summed E-state index contributed by atoms with van der Waals surface area (Å²) < 4.78 is 0. The van der Waals surface area contributed by atoms with Crippen LogP contribution in [0.3, 0.4) is 0 Å². The van der Waals surface area contributed by atoms with Crippen molar-refractivity contribution in [1.82, 2.24) is 9.80 Å². The summed E-state index contributed by atoms with van der Waals surface area (Å²) in [6, 6.07) is 6.19. The first-order valence-electron chi connectivity index (χ1n) is 9.99. The summed E-state index contributed by atoms with van der Waals surface area (Å²) in [4.78, 5) is 29.6. The highest BCUT2D eigenvalue weighted by Crippen LogP contribution is 2.27. The summed E-state index contributed by atoms with van der Waals surface area (Å²) in [5.41, 5.74) is 0.283. The molecule has 0 aliphatic carbocycles. The molecule has 5 heteroatoms. The number of rotatable bonds is 4. The number of hydrogen-bond donors (Lipinski definition) is 1. The largest absolute Gasteiger partial charge is 0.507 e. The number of phenolic OH excluding ortho intramolecular Hbond substituents is 1. The maximum Gasteiger partial charge on any atom is 0.258 e. The molecule has 0 saturated carbocycles. The van der Waals surface area contributed by atoms with Gasteiger partial charge in [-0.05, 0) is 50.2 Å². The lowest BCUT2D eigenvalue weighted by Crippen LogP contribution is -2.48. The van der Waals surface area contributed by atoms with E-state index in [1.165, 1.54) is 25.3 Å². The molecule has 3 rings (SSSR count). The average Bonchev–Trinajstić information content (AvgIpc) is 3.02. The number of amides is 2. The summed E-state index contributed by atoms with van der Waals surface area (Å²) in [7, 11) is 0. The number of likely N-dealkylation sites (tertiary alicyclic amines) is 2. The van der Waals surface area contributed by atoms with Gasteiger partial charge in [-0.15, -0.1) is 0 Å². The van der Waals surface area contributed by atoms with Crippen LogP contribution in [0.5, 0.6) is 5.75 Å². The van der Waals surface area contributed by atoms with Crippen LogP contribution < -0.4 is 0 Å². The Morgan fingerprint density at radius 3 is 2.62 bits per heavy atom. The van der Waals surface area contributed by atoms with Crippen LogP contribution in [0.15, 0.2) is 24.3 Å². The van der Waals surface area contributed by atoms with Gasteiger partial charge in [-0.2, -0.15) is 0 Å². The third kappa shape index (κ3) is 4.02. The molecule has 0 spiro atoms. The molecule has 1 N–H and O–H groups in total. The predicted molar refractivity (Wildman–Crippen MR) is 101 cm³/mol. The second kappa shape index (κ2) is 8.56. The van der Waals surface area contributed by atoms with Gasteiger partial charge in [-0.1, -0.05) is 31.9 Å². The van der Waals surface area contributed by atoms with Crippen molar-refractivity contribution >= 4 is 11.8 Å². The quantitative estimate of drug-likeness (QED) is 0.897. The Hall–Kier alpha value is -2.04. The smallest absolute Gasteiger partial charge is 0.258 e. The number of phenols is 1. The van der Waals surface area contributed by atoms with Crippen molar-refractivity contribution in [3.05, 3.63) is 29.8 Å². The Morgan fingerprint density at radius 2 is 1.85 bits per heavy atom. The number of carbonyl (C=O) groups excluding carboxylic acids is 2. The van der Waals surface area contributed by atoms with E-state index in [2.05, 4.69) is 6.92 Å². The molecular weight excluding hydrogens is 328 g/mol. The van der Waals surface area contributed by atoms with E-state index in [-0.39, 0.29) is 29.2 Å². The number of aromatic hydroxyl groups is 1. The molecule has 2 unspecified atom stereocenters. The fraction of sp³-hybridized carbons (Fsp3) is 0.619. The van der Waals surface area contributed by atoms with Gasteiger partial charge in [-0.3, -0.25) is 9.59 Å². The van der Waals surface area contributed by atoms with Gasteiger partial charge in [-0.25, -0.2) is 0 Å². The van der Waals surface area contributed by atoms with Gasteiger partial charge in [0.25, 0.3) is 5.91 Å². The highest BCUT2D eigenvalue weighted by atomic mass is 16.3. The molecule has 1 aromatic carbocycles. The van der Waals surface area contributed by atoms with E-state index in [1.54, 1.807) is 23.1 Å². The molecule has 2 fully saturated rings. The molecule has 2 aliphatic rings. The zero-order valence-electron chi connectivity index (χ0n) is 15.7. The Morgan fingerprint density at radius 1 is 1.08 bits per heavy atom. The highest BCUT2D eigenvalue weighted by Gasteiger charge is 2.37. The van der Waals surface area contributed by atoms with Crippen molar-refractivity contribution in [2.75, 3.05) is 19.6 Å². The number of benzene rings is 1. The van der Waals surface area contributed by atoms with E-state index in [9.17, 15) is 14.7 Å². The second-order valence-electron chi connectivity index (χ2n) is 7.58. The van der Waals surface area contributed by atoms with Crippen LogP contribution in [0, 0.1) is 5.92 Å². The van der Waals surface area contributed by atoms with Crippen LogP contribution in [0.25, 0.3) is 0 Å². The van der Waals surface area contributed by atoms with Crippen molar-refractivity contribution in [1.29, 1.82) is 0 Å². The molecular formula is C21H30N2O3. The van der Waals surface area contributed by atoms with Gasteiger partial charge in [0.2, 0.25) is 5.91 Å². The van der Waals surface area contributed by atoms with Crippen LogP contribution in [0.2, 0.25) is 0 Å². The first-order chi connectivity index (χ1) is 12.6. The van der Waals surface area contributed by atoms with Crippen LogP contribution in [-0.2, 0) is 4.79 Å². The maximum atomic E-state index is 13.1. The van der Waals surface area contributed by atoms with E-state index in [0.29, 0.717) is 13.0 Å². The number of nitrogens with zero attached hydrogens (tertiary/aromatic N) is 2. The fourth-order valence-electron chi connectivity index (χ4n) is 4.37. The zero-order valence-corrected chi connectivity index (χ0v) is 15.7. The van der Waals surface area contributed by atoms with E-state index in [4.69, 9.17) is 0 Å². The summed E-state index contributed by atoms with van der Waals surface area (Å²) in [6.07, 6.45) is 7.31. The number of carbonyl (C=O) groups is 2. The third-order valence-electron chi connectivity index (χ3n) is 5.79. The summed E-state index contributed by atoms with van der Waals surface area (Å²) in [5, 5.41) is 9.99. The van der Waals surface area contributed by atoms with Crippen LogP contribution in [0.4, 0.5) is 0 Å². The maximum absolute atomic E-state index is 13.1. The minimum atomic E-state index is -0.384. The van der Waals surface area contributed by atoms with Gasteiger partial charge in [0, 0.05) is 19.6 Å². The number of para-hydroxylation sites is 1. The molecule has 26 heavy (non-hydrogen) atoms. The lowest BCUT2D eigenvalue weighted by Gasteiger charge is -2.30. The van der Waals surface area contributed by atoms with Crippen molar-refractivity contribution < 1.29 is 14.7 Å². The molecule has 2 aliphatic heterocycles. The Kier molecular flexibility index (Phi) is 6.17. The molecule has 2 heterocycles. The normalized spacial score (nSPS) is 23.7. The summed E-state index contributed by atoms with van der Waals surface area (Å²) >= 11 is 0. The van der Waals surface area contributed by atoms with Crippen molar-refractivity contribution in [2.24, 2.45) is 5.92 Å². The average molecular weight is 358 g/mol. The topological polar surface area (TPSA) is 60.9 Å². The predicted octanol–water partition coefficient (Wildman–Crippen LogP) is 3.43. The Balaban J connectivity index is 1.68.